The molecule has 0 saturated carbocycles. The number of nitrogens with zero attached hydrogens (tertiary/aromatic N) is 2. The number of alkyl halides is 3. The van der Waals surface area contributed by atoms with E-state index in [9.17, 15) is 13.2 Å². The normalized spacial score (nSPS) is 21.9. The Bertz CT molecular complexity index is 294. The first-order valence-corrected chi connectivity index (χ1v) is 4.61. The molecule has 0 amide bonds. The van der Waals surface area contributed by atoms with Gasteiger partial charge < -0.3 is 4.74 Å². The van der Waals surface area contributed by atoms with E-state index in [-0.39, 0.29) is 12.6 Å². The molecule has 0 aromatic rings. The van der Waals surface area contributed by atoms with Crippen molar-refractivity contribution < 1.29 is 22.5 Å². The molecule has 1 atom stereocenters. The zero-order chi connectivity index (χ0) is 11.6. The van der Waals surface area contributed by atoms with Crippen LogP contribution in [0.5, 0.6) is 0 Å². The second-order valence-corrected chi connectivity index (χ2v) is 3.73. The Morgan fingerprint density at radius 1 is 1.53 bits per heavy atom. The molecule has 1 heterocycles. The van der Waals surface area contributed by atoms with Gasteiger partial charge in [0, 0.05) is 13.0 Å². The van der Waals surface area contributed by atoms with Gasteiger partial charge in [-0.05, 0) is 0 Å². The first-order valence-electron chi connectivity index (χ1n) is 4.61. The van der Waals surface area contributed by atoms with Crippen LogP contribution in [0.3, 0.4) is 0 Å². The first-order chi connectivity index (χ1) is 6.86. The van der Waals surface area contributed by atoms with E-state index >= 15 is 0 Å². The minimum Gasteiger partial charge on any atom is -0.327 e. The van der Waals surface area contributed by atoms with E-state index in [0.717, 1.165) is 6.21 Å². The number of aliphatic imine (C=N–C) groups is 1. The van der Waals surface area contributed by atoms with Gasteiger partial charge in [0.05, 0.1) is 0 Å². The van der Waals surface area contributed by atoms with Crippen LogP contribution in [0.15, 0.2) is 4.99 Å². The van der Waals surface area contributed by atoms with Gasteiger partial charge in [0.2, 0.25) is 12.4 Å². The third kappa shape index (κ3) is 2.77. The Morgan fingerprint density at radius 2 is 2.13 bits per heavy atom. The highest BCUT2D eigenvalue weighted by Crippen LogP contribution is 2.22. The van der Waals surface area contributed by atoms with E-state index < -0.39 is 18.1 Å². The molecule has 0 aromatic heterocycles. The summed E-state index contributed by atoms with van der Waals surface area (Å²) in [5, 5.41) is 0. The topological polar surface area (TPSA) is 24.6 Å². The van der Waals surface area contributed by atoms with Crippen molar-refractivity contribution in [3.05, 3.63) is 0 Å². The molecular formula is C9H14F3N2O+. The summed E-state index contributed by atoms with van der Waals surface area (Å²) in [5.74, 6) is 0.0104. The molecule has 0 radical (unpaired) electrons. The maximum Gasteiger partial charge on any atom is 0.439 e. The lowest BCUT2D eigenvalue weighted by molar-refractivity contribution is -0.597. The molecule has 1 aliphatic rings. The third-order valence-electron chi connectivity index (χ3n) is 2.06. The zero-order valence-electron chi connectivity index (χ0n) is 8.88. The summed E-state index contributed by atoms with van der Waals surface area (Å²) in [4.78, 5) is 3.64. The van der Waals surface area contributed by atoms with Gasteiger partial charge in [0.15, 0.2) is 6.21 Å². The molecule has 0 aromatic carbocycles. The number of hydrogen-bond acceptors (Lipinski definition) is 2. The van der Waals surface area contributed by atoms with Gasteiger partial charge in [0.25, 0.3) is 6.17 Å². The molecule has 6 heteroatoms. The van der Waals surface area contributed by atoms with Gasteiger partial charge in [-0.1, -0.05) is 13.8 Å². The Hall–Kier alpha value is -0.910. The number of methoxy groups -OCH3 is 1. The lowest BCUT2D eigenvalue weighted by atomic mass is 10.1. The summed E-state index contributed by atoms with van der Waals surface area (Å²) in [5.41, 5.74) is -0.835. The van der Waals surface area contributed by atoms with Crippen molar-refractivity contribution in [2.75, 3.05) is 13.8 Å². The zero-order valence-corrected chi connectivity index (χ0v) is 8.88. The molecule has 1 rings (SSSR count). The van der Waals surface area contributed by atoms with Gasteiger partial charge >= 0.3 is 6.18 Å². The highest BCUT2D eigenvalue weighted by molar-refractivity contribution is 6.32. The molecule has 0 N–H and O–H groups in total. The summed E-state index contributed by atoms with van der Waals surface area (Å²) < 4.78 is 43.4. The fourth-order valence-corrected chi connectivity index (χ4v) is 1.42. The number of hydrogen-bond donors (Lipinski definition) is 0. The maximum absolute atomic E-state index is 12.4. The molecule has 1 unspecified atom stereocenters. The smallest absolute Gasteiger partial charge is 0.327 e. The van der Waals surface area contributed by atoms with Crippen molar-refractivity contribution in [1.82, 2.24) is 0 Å². The average Bonchev–Trinajstić information content (AvgIpc) is 2.48. The summed E-state index contributed by atoms with van der Waals surface area (Å²) >= 11 is 0. The van der Waals surface area contributed by atoms with E-state index in [0.29, 0.717) is 0 Å². The third-order valence-corrected chi connectivity index (χ3v) is 2.06. The Kier molecular flexibility index (Phi) is 3.49. The Labute approximate surface area is 86.3 Å². The van der Waals surface area contributed by atoms with Crippen LogP contribution in [0.1, 0.15) is 13.8 Å². The first kappa shape index (κ1) is 12.2. The lowest BCUT2D eigenvalue weighted by Gasteiger charge is -2.10. The van der Waals surface area contributed by atoms with Crippen LogP contribution >= 0.6 is 0 Å². The van der Waals surface area contributed by atoms with Crippen molar-refractivity contribution >= 4 is 11.9 Å². The molecule has 0 saturated heterocycles. The number of ether oxygens (including phenoxy) is 1. The highest BCUT2D eigenvalue weighted by Gasteiger charge is 2.43. The lowest BCUT2D eigenvalue weighted by Crippen LogP contribution is -2.28. The number of halogens is 3. The highest BCUT2D eigenvalue weighted by atomic mass is 19.4. The van der Waals surface area contributed by atoms with Crippen molar-refractivity contribution in [2.24, 2.45) is 10.9 Å². The van der Waals surface area contributed by atoms with Gasteiger partial charge in [-0.2, -0.15) is 17.7 Å². The summed E-state index contributed by atoms with van der Waals surface area (Å²) in [7, 11) is 1.44. The van der Waals surface area contributed by atoms with Gasteiger partial charge in [0.1, 0.15) is 0 Å². The summed E-state index contributed by atoms with van der Waals surface area (Å²) in [6.07, 6.45) is -3.86. The molecule has 0 aliphatic carbocycles. The molecule has 1 aliphatic heterocycles. The molecule has 0 bridgehead atoms. The van der Waals surface area contributed by atoms with Crippen LogP contribution in [0, 0.1) is 5.92 Å². The quantitative estimate of drug-likeness (QED) is 0.668. The largest absolute Gasteiger partial charge is 0.439 e. The SMILES string of the molecule is COC[N+]1=CC(C(F)(F)F)=NC1C(C)C. The fourth-order valence-electron chi connectivity index (χ4n) is 1.42. The predicted molar refractivity (Wildman–Crippen MR) is 50.3 cm³/mol. The van der Waals surface area contributed by atoms with Gasteiger partial charge in [-0.15, -0.1) is 0 Å². The molecule has 86 valence electrons. The van der Waals surface area contributed by atoms with E-state index in [2.05, 4.69) is 4.99 Å². The van der Waals surface area contributed by atoms with Crippen LogP contribution < -0.4 is 0 Å². The van der Waals surface area contributed by atoms with E-state index in [1.54, 1.807) is 0 Å². The minimum absolute atomic E-state index is 0.0104. The van der Waals surface area contributed by atoms with Crippen molar-refractivity contribution in [1.29, 1.82) is 0 Å². The van der Waals surface area contributed by atoms with Crippen LogP contribution in [-0.2, 0) is 4.74 Å². The van der Waals surface area contributed by atoms with Crippen molar-refractivity contribution in [3.63, 3.8) is 0 Å². The standard InChI is InChI=1S/C9H14F3N2O/c1-6(2)8-13-7(9(10,11)12)4-14(8)5-15-3/h4,6,8H,5H2,1-3H3/q+1. The van der Waals surface area contributed by atoms with E-state index in [4.69, 9.17) is 4.74 Å². The van der Waals surface area contributed by atoms with Crippen LogP contribution in [0.2, 0.25) is 0 Å². The van der Waals surface area contributed by atoms with Crippen LogP contribution in [-0.4, -0.2) is 42.7 Å². The monoisotopic (exact) mass is 223 g/mol. The van der Waals surface area contributed by atoms with Crippen LogP contribution in [0.4, 0.5) is 13.2 Å². The van der Waals surface area contributed by atoms with Gasteiger partial charge in [-0.25, -0.2) is 4.99 Å². The summed E-state index contributed by atoms with van der Waals surface area (Å²) in [6, 6.07) is 0. The molecule has 15 heavy (non-hydrogen) atoms. The molecule has 0 fully saturated rings. The molecule has 0 spiro atoms. The van der Waals surface area contributed by atoms with Crippen molar-refractivity contribution in [2.45, 2.75) is 26.2 Å². The second-order valence-electron chi connectivity index (χ2n) is 3.73. The van der Waals surface area contributed by atoms with Crippen LogP contribution in [0.25, 0.3) is 0 Å². The van der Waals surface area contributed by atoms with E-state index in [1.807, 2.05) is 13.8 Å². The predicted octanol–water partition coefficient (Wildman–Crippen LogP) is 1.67. The Morgan fingerprint density at radius 3 is 2.53 bits per heavy atom. The maximum atomic E-state index is 12.4. The van der Waals surface area contributed by atoms with Gasteiger partial charge in [-0.3, -0.25) is 0 Å². The Balaban J connectivity index is 2.90. The minimum atomic E-state index is -4.38. The summed E-state index contributed by atoms with van der Waals surface area (Å²) in [6.45, 7) is 3.76. The molecule has 3 nitrogen and oxygen atoms in total. The second kappa shape index (κ2) is 4.30. The molecular weight excluding hydrogens is 209 g/mol. The fraction of sp³-hybridized carbons (Fsp3) is 0.778. The number of rotatable bonds is 3. The van der Waals surface area contributed by atoms with E-state index in [1.165, 1.54) is 11.7 Å². The van der Waals surface area contributed by atoms with Crippen molar-refractivity contribution in [3.8, 4) is 0 Å². The average molecular weight is 223 g/mol.